The highest BCUT2D eigenvalue weighted by atomic mass is 35.5. The molecule has 0 aromatic heterocycles. The van der Waals surface area contributed by atoms with Crippen molar-refractivity contribution in [1.29, 1.82) is 0 Å². The standard InChI is InChI=1S/C21H16Cl2F6N2O6/c1-36-16(33)18(35,20(24,25)26)10-3-6-12(7-4-10)30-19(17(34)37-2,21(27,28)29)31-15(32)13-8-5-11(22)9-14(13)23/h3-9,30,35H,1-2H3,(H,31,32)/t18-,19-/m1/s1. The van der Waals surface area contributed by atoms with E-state index < -0.39 is 58.3 Å². The molecule has 0 spiro atoms. The van der Waals surface area contributed by atoms with Crippen molar-refractivity contribution in [3.8, 4) is 0 Å². The molecule has 0 heterocycles. The molecule has 37 heavy (non-hydrogen) atoms. The summed E-state index contributed by atoms with van der Waals surface area (Å²) in [6.07, 6.45) is -11.2. The first-order valence-electron chi connectivity index (χ1n) is 9.63. The molecule has 2 atom stereocenters. The summed E-state index contributed by atoms with van der Waals surface area (Å²) in [5.41, 5.74) is -10.4. The fourth-order valence-electron chi connectivity index (χ4n) is 3.01. The molecule has 16 heteroatoms. The Morgan fingerprint density at radius 3 is 1.81 bits per heavy atom. The van der Waals surface area contributed by atoms with Gasteiger partial charge < -0.3 is 25.2 Å². The Morgan fingerprint density at radius 1 is 0.838 bits per heavy atom. The highest BCUT2D eigenvalue weighted by molar-refractivity contribution is 6.36. The summed E-state index contributed by atoms with van der Waals surface area (Å²) in [7, 11) is 1.17. The van der Waals surface area contributed by atoms with Gasteiger partial charge in [0.25, 0.3) is 11.5 Å². The number of anilines is 1. The number of carbonyl (C=O) groups is 3. The van der Waals surface area contributed by atoms with Crippen molar-refractivity contribution in [2.45, 2.75) is 23.6 Å². The third-order valence-electron chi connectivity index (χ3n) is 4.92. The molecular weight excluding hydrogens is 561 g/mol. The van der Waals surface area contributed by atoms with Crippen LogP contribution in [0.3, 0.4) is 0 Å². The lowest BCUT2D eigenvalue weighted by atomic mass is 9.93. The van der Waals surface area contributed by atoms with Gasteiger partial charge in [-0.3, -0.25) is 4.79 Å². The highest BCUT2D eigenvalue weighted by Gasteiger charge is 2.64. The molecule has 2 rings (SSSR count). The van der Waals surface area contributed by atoms with Crippen molar-refractivity contribution in [3.05, 3.63) is 63.6 Å². The van der Waals surface area contributed by atoms with E-state index >= 15 is 0 Å². The Kier molecular flexibility index (Phi) is 8.62. The van der Waals surface area contributed by atoms with E-state index in [1.165, 1.54) is 5.32 Å². The van der Waals surface area contributed by atoms with Crippen LogP contribution in [-0.2, 0) is 24.7 Å². The maximum atomic E-state index is 14.2. The van der Waals surface area contributed by atoms with E-state index in [9.17, 15) is 45.8 Å². The topological polar surface area (TPSA) is 114 Å². The molecule has 8 nitrogen and oxygen atoms in total. The van der Waals surface area contributed by atoms with Gasteiger partial charge in [0, 0.05) is 16.3 Å². The van der Waals surface area contributed by atoms with E-state index in [4.69, 9.17) is 23.2 Å². The van der Waals surface area contributed by atoms with Crippen molar-refractivity contribution in [3.63, 3.8) is 0 Å². The first-order chi connectivity index (χ1) is 16.9. The Morgan fingerprint density at radius 2 is 1.38 bits per heavy atom. The Balaban J connectivity index is 2.57. The van der Waals surface area contributed by atoms with Gasteiger partial charge in [0.1, 0.15) is 0 Å². The van der Waals surface area contributed by atoms with Gasteiger partial charge in [-0.15, -0.1) is 0 Å². The average Bonchev–Trinajstić information content (AvgIpc) is 2.80. The molecule has 0 saturated carbocycles. The van der Waals surface area contributed by atoms with E-state index in [1.54, 1.807) is 5.32 Å². The van der Waals surface area contributed by atoms with Crippen LogP contribution < -0.4 is 10.6 Å². The summed E-state index contributed by atoms with van der Waals surface area (Å²) in [5, 5.41) is 12.9. The highest BCUT2D eigenvalue weighted by Crippen LogP contribution is 2.41. The van der Waals surface area contributed by atoms with Crippen molar-refractivity contribution >= 4 is 46.7 Å². The van der Waals surface area contributed by atoms with Crippen molar-refractivity contribution in [1.82, 2.24) is 5.32 Å². The molecule has 1 amide bonds. The number of ether oxygens (including phenoxy) is 2. The van der Waals surface area contributed by atoms with Crippen LogP contribution in [0.15, 0.2) is 42.5 Å². The van der Waals surface area contributed by atoms with E-state index in [0.29, 0.717) is 38.5 Å². The first kappa shape index (κ1) is 30.0. The largest absolute Gasteiger partial charge is 0.466 e. The third kappa shape index (κ3) is 5.70. The van der Waals surface area contributed by atoms with Gasteiger partial charge in [0.05, 0.1) is 24.8 Å². The molecule has 2 aromatic rings. The summed E-state index contributed by atoms with van der Waals surface area (Å²) >= 11 is 11.6. The molecule has 0 unspecified atom stereocenters. The minimum Gasteiger partial charge on any atom is -0.466 e. The van der Waals surface area contributed by atoms with Gasteiger partial charge in [-0.1, -0.05) is 35.3 Å². The number of benzene rings is 2. The van der Waals surface area contributed by atoms with Crippen LogP contribution in [0, 0.1) is 0 Å². The molecule has 0 fully saturated rings. The van der Waals surface area contributed by atoms with Gasteiger partial charge >= 0.3 is 30.0 Å². The lowest BCUT2D eigenvalue weighted by Gasteiger charge is -2.35. The summed E-state index contributed by atoms with van der Waals surface area (Å²) in [6.45, 7) is 0. The normalized spacial score (nSPS) is 15.1. The molecule has 0 bridgehead atoms. The van der Waals surface area contributed by atoms with E-state index in [-0.39, 0.29) is 10.0 Å². The van der Waals surface area contributed by atoms with E-state index in [1.807, 2.05) is 0 Å². The minimum atomic E-state index is -5.59. The van der Waals surface area contributed by atoms with Gasteiger partial charge in [0.15, 0.2) is 0 Å². The first-order valence-corrected chi connectivity index (χ1v) is 10.4. The van der Waals surface area contributed by atoms with Crippen LogP contribution >= 0.6 is 23.2 Å². The lowest BCUT2D eigenvalue weighted by Crippen LogP contribution is -2.69. The number of rotatable bonds is 7. The number of aliphatic hydroxyl groups is 1. The van der Waals surface area contributed by atoms with Crippen molar-refractivity contribution in [2.75, 3.05) is 19.5 Å². The quantitative estimate of drug-likeness (QED) is 0.257. The summed E-state index contributed by atoms with van der Waals surface area (Å²) in [6, 6.07) is 5.27. The maximum absolute atomic E-state index is 14.2. The predicted octanol–water partition coefficient (Wildman–Crippen LogP) is 4.19. The number of carbonyl (C=O) groups excluding carboxylic acids is 3. The summed E-state index contributed by atoms with van der Waals surface area (Å²) in [4.78, 5) is 36.7. The zero-order valence-corrected chi connectivity index (χ0v) is 20.1. The van der Waals surface area contributed by atoms with E-state index in [0.717, 1.165) is 18.2 Å². The van der Waals surface area contributed by atoms with Gasteiger partial charge in [-0.2, -0.15) is 26.3 Å². The molecule has 0 radical (unpaired) electrons. The van der Waals surface area contributed by atoms with Crippen molar-refractivity contribution in [2.24, 2.45) is 0 Å². The molecule has 2 aromatic carbocycles. The number of nitrogens with one attached hydrogen (secondary N) is 2. The number of esters is 2. The number of alkyl halides is 6. The predicted molar refractivity (Wildman–Crippen MR) is 117 cm³/mol. The van der Waals surface area contributed by atoms with Gasteiger partial charge in [0.2, 0.25) is 0 Å². The molecule has 0 aliphatic heterocycles. The van der Waals surface area contributed by atoms with Crippen molar-refractivity contribution < 1.29 is 55.3 Å². The van der Waals surface area contributed by atoms with Crippen LogP contribution in [-0.4, -0.2) is 55.2 Å². The van der Waals surface area contributed by atoms with Gasteiger partial charge in [-0.05, 0) is 30.3 Å². The summed E-state index contributed by atoms with van der Waals surface area (Å²) < 4.78 is 91.2. The fourth-order valence-corrected chi connectivity index (χ4v) is 3.51. The molecule has 3 N–H and O–H groups in total. The zero-order valence-electron chi connectivity index (χ0n) is 18.6. The van der Waals surface area contributed by atoms with Crippen LogP contribution in [0.1, 0.15) is 15.9 Å². The number of hydrogen-bond donors (Lipinski definition) is 3. The molecular formula is C21H16Cl2F6N2O6. The van der Waals surface area contributed by atoms with Crippen LogP contribution in [0.2, 0.25) is 10.0 Å². The van der Waals surface area contributed by atoms with Crippen LogP contribution in [0.4, 0.5) is 32.0 Å². The lowest BCUT2D eigenvalue weighted by molar-refractivity contribution is -0.266. The maximum Gasteiger partial charge on any atom is 0.441 e. The smallest absolute Gasteiger partial charge is 0.441 e. The SMILES string of the molecule is COC(=O)[C@](NC(=O)c1ccc(Cl)cc1Cl)(Nc1ccc([C@@](O)(C(=O)OC)C(F)(F)F)cc1)C(F)(F)F. The second-order valence-electron chi connectivity index (χ2n) is 7.22. The van der Waals surface area contributed by atoms with Crippen LogP contribution in [0.25, 0.3) is 0 Å². The molecule has 0 aliphatic carbocycles. The number of halogens is 8. The Bertz CT molecular complexity index is 1190. The third-order valence-corrected chi connectivity index (χ3v) is 5.47. The number of amides is 1. The Hall–Kier alpha value is -3.23. The van der Waals surface area contributed by atoms with Crippen LogP contribution in [0.5, 0.6) is 0 Å². The molecule has 0 aliphatic rings. The van der Waals surface area contributed by atoms with E-state index in [2.05, 4.69) is 9.47 Å². The van der Waals surface area contributed by atoms with Gasteiger partial charge in [-0.25, -0.2) is 9.59 Å². The summed E-state index contributed by atoms with van der Waals surface area (Å²) in [5.74, 6) is -5.65. The number of hydrogen-bond acceptors (Lipinski definition) is 7. The average molecular weight is 577 g/mol. The second kappa shape index (κ2) is 10.6. The monoisotopic (exact) mass is 576 g/mol. The second-order valence-corrected chi connectivity index (χ2v) is 8.06. The number of methoxy groups -OCH3 is 2. The molecule has 202 valence electrons. The minimum absolute atomic E-state index is 0.0561. The zero-order chi connectivity index (χ0) is 28.4. The fraction of sp³-hybridized carbons (Fsp3) is 0.286. The Labute approximate surface area is 214 Å². The molecule has 0 saturated heterocycles.